The topological polar surface area (TPSA) is 30.5 Å². The minimum absolute atomic E-state index is 0.359. The molecule has 0 aliphatic heterocycles. The number of ether oxygens (including phenoxy) is 2. The summed E-state index contributed by atoms with van der Waals surface area (Å²) in [6.07, 6.45) is 0. The van der Waals surface area contributed by atoms with Crippen LogP contribution in [0.3, 0.4) is 0 Å². The molecule has 3 aromatic carbocycles. The lowest BCUT2D eigenvalue weighted by Crippen LogP contribution is -2.02. The molecule has 0 spiro atoms. The predicted molar refractivity (Wildman–Crippen MR) is 112 cm³/mol. The van der Waals surface area contributed by atoms with Gasteiger partial charge >= 0.3 is 0 Å². The van der Waals surface area contributed by atoms with Crippen LogP contribution < -0.4 is 14.8 Å². The van der Waals surface area contributed by atoms with Crippen molar-refractivity contribution >= 4 is 28.9 Å². The Morgan fingerprint density at radius 1 is 0.926 bits per heavy atom. The summed E-state index contributed by atoms with van der Waals surface area (Å²) in [5, 5.41) is 4.56. The highest BCUT2D eigenvalue weighted by Gasteiger charge is 2.12. The minimum atomic E-state index is 0.359. The Balaban J connectivity index is 1.71. The molecule has 3 nitrogen and oxygen atoms in total. The summed E-state index contributed by atoms with van der Waals surface area (Å²) in [5.41, 5.74) is 4.25. The summed E-state index contributed by atoms with van der Waals surface area (Å²) in [5.74, 6) is 1.13. The second-order valence-electron chi connectivity index (χ2n) is 6.25. The molecule has 0 aliphatic rings. The first kappa shape index (κ1) is 19.4. The number of anilines is 1. The summed E-state index contributed by atoms with van der Waals surface area (Å²) >= 11 is 12.5. The van der Waals surface area contributed by atoms with Gasteiger partial charge in [0, 0.05) is 17.3 Å². The third kappa shape index (κ3) is 5.31. The van der Waals surface area contributed by atoms with Gasteiger partial charge in [-0.3, -0.25) is 0 Å². The van der Waals surface area contributed by atoms with E-state index in [0.717, 1.165) is 16.8 Å². The van der Waals surface area contributed by atoms with Gasteiger partial charge in [0.25, 0.3) is 0 Å². The molecule has 140 valence electrons. The van der Waals surface area contributed by atoms with Crippen LogP contribution in [-0.4, -0.2) is 7.11 Å². The van der Waals surface area contributed by atoms with Crippen molar-refractivity contribution in [3.05, 3.63) is 87.4 Å². The zero-order chi connectivity index (χ0) is 19.2. The Labute approximate surface area is 169 Å². The Bertz CT molecular complexity index is 911. The molecule has 1 N–H and O–H groups in total. The Morgan fingerprint density at radius 3 is 2.41 bits per heavy atom. The van der Waals surface area contributed by atoms with Crippen molar-refractivity contribution in [1.29, 1.82) is 0 Å². The number of benzene rings is 3. The Hall–Kier alpha value is -2.36. The molecular formula is C22H21Cl2NO2. The van der Waals surface area contributed by atoms with E-state index in [9.17, 15) is 0 Å². The molecule has 0 bridgehead atoms. The highest BCUT2D eigenvalue weighted by Crippen LogP contribution is 2.37. The summed E-state index contributed by atoms with van der Waals surface area (Å²) in [7, 11) is 1.61. The number of rotatable bonds is 7. The van der Waals surface area contributed by atoms with Gasteiger partial charge in [0.1, 0.15) is 6.61 Å². The van der Waals surface area contributed by atoms with Gasteiger partial charge in [0.2, 0.25) is 0 Å². The summed E-state index contributed by atoms with van der Waals surface area (Å²) in [6.45, 7) is 3.06. The SMILES string of the molecule is COc1cc(CNc2ccc(C)cc2)cc(Cl)c1OCc1cccc(Cl)c1. The van der Waals surface area contributed by atoms with Crippen molar-refractivity contribution in [2.24, 2.45) is 0 Å². The predicted octanol–water partition coefficient (Wildman–Crippen LogP) is 6.50. The van der Waals surface area contributed by atoms with E-state index in [-0.39, 0.29) is 0 Å². The van der Waals surface area contributed by atoms with E-state index in [0.29, 0.717) is 34.7 Å². The van der Waals surface area contributed by atoms with Gasteiger partial charge in [-0.05, 0) is 54.4 Å². The van der Waals surface area contributed by atoms with E-state index in [1.165, 1.54) is 5.56 Å². The van der Waals surface area contributed by atoms with Crippen LogP contribution in [0.2, 0.25) is 10.0 Å². The van der Waals surface area contributed by atoms with Crippen LogP contribution in [0.1, 0.15) is 16.7 Å². The maximum atomic E-state index is 6.45. The fraction of sp³-hybridized carbons (Fsp3) is 0.182. The fourth-order valence-corrected chi connectivity index (χ4v) is 3.17. The van der Waals surface area contributed by atoms with Gasteiger partial charge in [0.05, 0.1) is 12.1 Å². The van der Waals surface area contributed by atoms with E-state index in [1.54, 1.807) is 7.11 Å². The zero-order valence-corrected chi connectivity index (χ0v) is 16.8. The van der Waals surface area contributed by atoms with Crippen LogP contribution in [0.4, 0.5) is 5.69 Å². The summed E-state index contributed by atoms with van der Waals surface area (Å²) < 4.78 is 11.4. The van der Waals surface area contributed by atoms with Gasteiger partial charge in [-0.15, -0.1) is 0 Å². The number of methoxy groups -OCH3 is 1. The number of hydrogen-bond donors (Lipinski definition) is 1. The molecule has 0 atom stereocenters. The van der Waals surface area contributed by atoms with E-state index >= 15 is 0 Å². The highest BCUT2D eigenvalue weighted by molar-refractivity contribution is 6.32. The van der Waals surface area contributed by atoms with Crippen LogP contribution in [0.5, 0.6) is 11.5 Å². The van der Waals surface area contributed by atoms with Gasteiger partial charge in [-0.2, -0.15) is 0 Å². The second-order valence-corrected chi connectivity index (χ2v) is 7.09. The summed E-state index contributed by atoms with van der Waals surface area (Å²) in [4.78, 5) is 0. The molecule has 3 aromatic rings. The largest absolute Gasteiger partial charge is 0.493 e. The molecule has 0 radical (unpaired) electrons. The normalized spacial score (nSPS) is 10.5. The lowest BCUT2D eigenvalue weighted by atomic mass is 10.1. The summed E-state index contributed by atoms with van der Waals surface area (Å²) in [6, 6.07) is 19.6. The van der Waals surface area contributed by atoms with Gasteiger partial charge < -0.3 is 14.8 Å². The van der Waals surface area contributed by atoms with Crippen molar-refractivity contribution in [2.45, 2.75) is 20.1 Å². The molecule has 0 unspecified atom stereocenters. The molecule has 3 rings (SSSR count). The average Bonchev–Trinajstić information content (AvgIpc) is 2.66. The first-order chi connectivity index (χ1) is 13.0. The van der Waals surface area contributed by atoms with Crippen molar-refractivity contribution in [3.63, 3.8) is 0 Å². The molecule has 5 heteroatoms. The third-order valence-electron chi connectivity index (χ3n) is 4.11. The lowest BCUT2D eigenvalue weighted by molar-refractivity contribution is 0.284. The molecular weight excluding hydrogens is 381 g/mol. The van der Waals surface area contributed by atoms with Crippen molar-refractivity contribution < 1.29 is 9.47 Å². The number of halogens is 2. The molecule has 0 saturated carbocycles. The van der Waals surface area contributed by atoms with Crippen LogP contribution >= 0.6 is 23.2 Å². The number of aryl methyl sites for hydroxylation is 1. The van der Waals surface area contributed by atoms with Crippen molar-refractivity contribution in [3.8, 4) is 11.5 Å². The van der Waals surface area contributed by atoms with E-state index in [1.807, 2.05) is 36.4 Å². The first-order valence-electron chi connectivity index (χ1n) is 8.59. The van der Waals surface area contributed by atoms with Gasteiger partial charge in [0.15, 0.2) is 11.5 Å². The molecule has 0 saturated heterocycles. The zero-order valence-electron chi connectivity index (χ0n) is 15.3. The molecule has 0 aliphatic carbocycles. The van der Waals surface area contributed by atoms with Gasteiger partial charge in [-0.25, -0.2) is 0 Å². The van der Waals surface area contributed by atoms with E-state index in [2.05, 4.69) is 36.5 Å². The lowest BCUT2D eigenvalue weighted by Gasteiger charge is -2.15. The molecule has 0 amide bonds. The van der Waals surface area contributed by atoms with Crippen LogP contribution in [0.15, 0.2) is 60.7 Å². The highest BCUT2D eigenvalue weighted by atomic mass is 35.5. The number of hydrogen-bond acceptors (Lipinski definition) is 3. The smallest absolute Gasteiger partial charge is 0.180 e. The van der Waals surface area contributed by atoms with Crippen LogP contribution in [0.25, 0.3) is 0 Å². The van der Waals surface area contributed by atoms with Crippen molar-refractivity contribution in [2.75, 3.05) is 12.4 Å². The Kier molecular flexibility index (Phi) is 6.49. The Morgan fingerprint density at radius 2 is 1.70 bits per heavy atom. The van der Waals surface area contributed by atoms with Crippen molar-refractivity contribution in [1.82, 2.24) is 0 Å². The third-order valence-corrected chi connectivity index (χ3v) is 4.63. The monoisotopic (exact) mass is 401 g/mol. The molecule has 27 heavy (non-hydrogen) atoms. The number of nitrogens with one attached hydrogen (secondary N) is 1. The molecule has 0 fully saturated rings. The van der Waals surface area contributed by atoms with Crippen LogP contribution in [0, 0.1) is 6.92 Å². The average molecular weight is 402 g/mol. The fourth-order valence-electron chi connectivity index (χ4n) is 2.67. The minimum Gasteiger partial charge on any atom is -0.493 e. The van der Waals surface area contributed by atoms with E-state index < -0.39 is 0 Å². The quantitative estimate of drug-likeness (QED) is 0.489. The maximum Gasteiger partial charge on any atom is 0.180 e. The molecule has 0 heterocycles. The van der Waals surface area contributed by atoms with E-state index in [4.69, 9.17) is 32.7 Å². The standard InChI is InChI=1S/C22H21Cl2NO2/c1-15-6-8-19(9-7-15)25-13-17-11-20(24)22(21(12-17)26-2)27-14-16-4-3-5-18(23)10-16/h3-12,25H,13-14H2,1-2H3. The first-order valence-corrected chi connectivity index (χ1v) is 9.35. The second kappa shape index (κ2) is 9.03. The van der Waals surface area contributed by atoms with Gasteiger partial charge in [-0.1, -0.05) is 53.0 Å². The molecule has 0 aromatic heterocycles. The maximum absolute atomic E-state index is 6.45. The van der Waals surface area contributed by atoms with Crippen LogP contribution in [-0.2, 0) is 13.2 Å².